The molecule has 0 saturated carbocycles. The van der Waals surface area contributed by atoms with Crippen molar-refractivity contribution >= 4 is 16.9 Å². The van der Waals surface area contributed by atoms with Crippen molar-refractivity contribution < 1.29 is 23.2 Å². The number of aliphatic hydroxyl groups excluding tert-OH is 1. The molecule has 1 fully saturated rings. The van der Waals surface area contributed by atoms with E-state index >= 15 is 0 Å². The number of pyridine rings is 1. The van der Waals surface area contributed by atoms with E-state index in [-0.39, 0.29) is 24.4 Å². The van der Waals surface area contributed by atoms with Gasteiger partial charge in [0.05, 0.1) is 29.7 Å². The zero-order valence-electron chi connectivity index (χ0n) is 25.1. The van der Waals surface area contributed by atoms with Gasteiger partial charge in [-0.3, -0.25) is 9.69 Å². The van der Waals surface area contributed by atoms with Crippen molar-refractivity contribution in [1.82, 2.24) is 19.5 Å². The van der Waals surface area contributed by atoms with E-state index in [1.165, 1.54) is 12.1 Å². The maximum atomic E-state index is 14.1. The van der Waals surface area contributed by atoms with Crippen LogP contribution in [0.2, 0.25) is 0 Å². The fraction of sp³-hybridized carbons (Fsp3) is 0.455. The third-order valence-corrected chi connectivity index (χ3v) is 9.71. The van der Waals surface area contributed by atoms with E-state index in [0.29, 0.717) is 30.9 Å². The van der Waals surface area contributed by atoms with E-state index < -0.39 is 15.7 Å². The van der Waals surface area contributed by atoms with Gasteiger partial charge in [-0.25, -0.2) is 17.9 Å². The molecule has 3 aromatic rings. The highest BCUT2D eigenvalue weighted by Gasteiger charge is 2.40. The lowest BCUT2D eigenvalue weighted by molar-refractivity contribution is 0.0374. The molecule has 1 amide bonds. The smallest absolute Gasteiger partial charge is 0.269 e. The maximum absolute atomic E-state index is 14.1. The number of aromatic nitrogens is 1. The normalized spacial score (nSPS) is 18.4. The highest BCUT2D eigenvalue weighted by atomic mass is 32.2. The Bertz CT molecular complexity index is 1470. The summed E-state index contributed by atoms with van der Waals surface area (Å²) in [5, 5.41) is 13.1. The Morgan fingerprint density at radius 3 is 2.49 bits per heavy atom. The second-order valence-electron chi connectivity index (χ2n) is 12.0. The van der Waals surface area contributed by atoms with Gasteiger partial charge in [0.25, 0.3) is 5.91 Å². The Balaban J connectivity index is 1.50. The number of carbonyl (C=O) groups excluding carboxylic acids is 1. The van der Waals surface area contributed by atoms with Crippen LogP contribution in [0, 0.1) is 5.82 Å². The molecule has 0 aliphatic carbocycles. The van der Waals surface area contributed by atoms with Crippen LogP contribution in [-0.4, -0.2) is 80.2 Å². The van der Waals surface area contributed by atoms with E-state index in [1.54, 1.807) is 12.1 Å². The zero-order valence-corrected chi connectivity index (χ0v) is 26.0. The van der Waals surface area contributed by atoms with Crippen molar-refractivity contribution in [2.24, 2.45) is 0 Å². The van der Waals surface area contributed by atoms with Crippen LogP contribution in [0.3, 0.4) is 0 Å². The molecule has 8 nitrogen and oxygen atoms in total. The van der Waals surface area contributed by atoms with Gasteiger partial charge >= 0.3 is 0 Å². The average Bonchev–Trinajstić information content (AvgIpc) is 3.36. The van der Waals surface area contributed by atoms with Crippen molar-refractivity contribution in [1.29, 1.82) is 0 Å². The number of rotatable bonds is 10. The Kier molecular flexibility index (Phi) is 10.0. The van der Waals surface area contributed by atoms with Crippen molar-refractivity contribution in [3.05, 3.63) is 77.2 Å². The Labute approximate surface area is 255 Å². The van der Waals surface area contributed by atoms with Gasteiger partial charge in [-0.15, -0.1) is 0 Å². The van der Waals surface area contributed by atoms with E-state index in [2.05, 4.69) is 10.2 Å². The van der Waals surface area contributed by atoms with E-state index in [0.717, 1.165) is 67.1 Å². The zero-order chi connectivity index (χ0) is 30.6. The summed E-state index contributed by atoms with van der Waals surface area (Å²) in [6.07, 6.45) is 1.19. The first-order valence-electron chi connectivity index (χ1n) is 14.9. The molecule has 2 aliphatic rings. The number of amides is 1. The number of morpholine rings is 1. The highest BCUT2D eigenvalue weighted by molar-refractivity contribution is 7.84. The number of halogens is 1. The molecule has 1 aromatic heterocycles. The van der Waals surface area contributed by atoms with Crippen LogP contribution in [-0.2, 0) is 22.3 Å². The number of nitrogens with zero attached hydrogens (tertiary/aromatic N) is 3. The molecule has 0 radical (unpaired) electrons. The van der Waals surface area contributed by atoms with Gasteiger partial charge in [-0.05, 0) is 81.1 Å². The topological polar surface area (TPSA) is 95.0 Å². The summed E-state index contributed by atoms with van der Waals surface area (Å²) in [7, 11) is -1.36. The third kappa shape index (κ3) is 7.38. The molecule has 1 saturated heterocycles. The first kappa shape index (κ1) is 31.4. The van der Waals surface area contributed by atoms with Gasteiger partial charge in [0, 0.05) is 43.9 Å². The summed E-state index contributed by atoms with van der Waals surface area (Å²) in [6.45, 7) is 10.8. The first-order valence-corrected chi connectivity index (χ1v) is 16.0. The van der Waals surface area contributed by atoms with Gasteiger partial charge in [0.2, 0.25) is 0 Å². The van der Waals surface area contributed by atoms with Crippen LogP contribution >= 0.6 is 0 Å². The van der Waals surface area contributed by atoms with Crippen LogP contribution in [0.25, 0.3) is 22.4 Å². The highest BCUT2D eigenvalue weighted by Crippen LogP contribution is 2.44. The summed E-state index contributed by atoms with van der Waals surface area (Å²) >= 11 is 0. The SMILES string of the molecule is CC(C)(C)[S@](=O)N1Cc2cc(C(=O)NCCCN3CCOCC3)nc(-c3cccc(-c4cccc(F)c4)c3)c2[C@@H]1CCO. The molecule has 5 rings (SSSR count). The van der Waals surface area contributed by atoms with Crippen LogP contribution in [0.4, 0.5) is 4.39 Å². The van der Waals surface area contributed by atoms with Crippen molar-refractivity contribution in [3.63, 3.8) is 0 Å². The molecule has 43 heavy (non-hydrogen) atoms. The fourth-order valence-corrected chi connectivity index (χ4v) is 7.14. The minimum Gasteiger partial charge on any atom is -0.396 e. The number of hydrogen-bond acceptors (Lipinski definition) is 6. The second-order valence-corrected chi connectivity index (χ2v) is 14.2. The average molecular weight is 609 g/mol. The third-order valence-electron chi connectivity index (χ3n) is 7.86. The Hall–Kier alpha value is -3.02. The molecule has 0 bridgehead atoms. The van der Waals surface area contributed by atoms with Crippen LogP contribution < -0.4 is 5.32 Å². The number of benzene rings is 2. The van der Waals surface area contributed by atoms with Gasteiger partial charge in [-0.2, -0.15) is 0 Å². The molecule has 3 heterocycles. The lowest BCUT2D eigenvalue weighted by atomic mass is 9.94. The van der Waals surface area contributed by atoms with Crippen molar-refractivity contribution in [2.75, 3.05) is 46.0 Å². The molecule has 0 spiro atoms. The van der Waals surface area contributed by atoms with Gasteiger partial charge < -0.3 is 15.2 Å². The largest absolute Gasteiger partial charge is 0.396 e. The van der Waals surface area contributed by atoms with Crippen molar-refractivity contribution in [2.45, 2.75) is 50.9 Å². The summed E-state index contributed by atoms with van der Waals surface area (Å²) in [4.78, 5) is 20.7. The van der Waals surface area contributed by atoms with E-state index in [1.807, 2.05) is 55.4 Å². The number of nitrogens with one attached hydrogen (secondary N) is 1. The van der Waals surface area contributed by atoms with Crippen LogP contribution in [0.5, 0.6) is 0 Å². The quantitative estimate of drug-likeness (QED) is 0.324. The second kappa shape index (κ2) is 13.7. The molecular formula is C33H41FN4O4S. The Morgan fingerprint density at radius 2 is 1.79 bits per heavy atom. The summed E-state index contributed by atoms with van der Waals surface area (Å²) in [5.74, 6) is -0.584. The minimum atomic E-state index is -1.36. The van der Waals surface area contributed by atoms with Gasteiger partial charge in [0.15, 0.2) is 0 Å². The summed E-state index contributed by atoms with van der Waals surface area (Å²) in [6, 6.07) is 15.6. The fourth-order valence-electron chi connectivity index (χ4n) is 5.74. The number of aliphatic hydroxyl groups is 1. The monoisotopic (exact) mass is 608 g/mol. The Morgan fingerprint density at radius 1 is 1.09 bits per heavy atom. The van der Waals surface area contributed by atoms with Gasteiger partial charge in [0.1, 0.15) is 22.5 Å². The maximum Gasteiger partial charge on any atom is 0.269 e. The van der Waals surface area contributed by atoms with Gasteiger partial charge in [-0.1, -0.05) is 30.3 Å². The number of fused-ring (bicyclic) bond motifs is 1. The molecule has 230 valence electrons. The lowest BCUT2D eigenvalue weighted by Gasteiger charge is -2.30. The lowest BCUT2D eigenvalue weighted by Crippen LogP contribution is -2.38. The molecule has 2 N–H and O–H groups in total. The molecular weight excluding hydrogens is 567 g/mol. The van der Waals surface area contributed by atoms with E-state index in [4.69, 9.17) is 9.72 Å². The molecule has 10 heteroatoms. The summed E-state index contributed by atoms with van der Waals surface area (Å²) in [5.41, 5.74) is 4.96. The predicted molar refractivity (Wildman–Crippen MR) is 167 cm³/mol. The standard InChI is InChI=1S/C33H41FN4O4S/c1-33(2,3)43(41)38-22-26-21-28(32(40)35-12-6-13-37-14-17-42-18-15-37)36-31(30(26)29(38)11-16-39)25-9-4-7-23(19-25)24-8-5-10-27(34)20-24/h4-5,7-10,19-21,29,39H,6,11-18,22H2,1-3H3,(H,35,40)/t29-,43-/m0/s1. The number of hydrogen-bond donors (Lipinski definition) is 2. The summed E-state index contributed by atoms with van der Waals surface area (Å²) < 4.78 is 34.5. The molecule has 0 unspecified atom stereocenters. The minimum absolute atomic E-state index is 0.0872. The molecule has 2 aromatic carbocycles. The predicted octanol–water partition coefficient (Wildman–Crippen LogP) is 4.71. The number of ether oxygens (including phenoxy) is 1. The van der Waals surface area contributed by atoms with Crippen molar-refractivity contribution in [3.8, 4) is 22.4 Å². The van der Waals surface area contributed by atoms with E-state index in [9.17, 15) is 18.5 Å². The first-order chi connectivity index (χ1) is 20.7. The number of carbonyl (C=O) groups is 1. The molecule has 2 atom stereocenters. The van der Waals surface area contributed by atoms with Crippen LogP contribution in [0.15, 0.2) is 54.6 Å². The molecule has 2 aliphatic heterocycles. The van der Waals surface area contributed by atoms with Crippen LogP contribution in [0.1, 0.15) is 61.3 Å².